The molecule has 0 saturated carbocycles. The molecule has 0 saturated heterocycles. The van der Waals surface area contributed by atoms with E-state index in [9.17, 15) is 5.11 Å². The average Bonchev–Trinajstić information content (AvgIpc) is 2.51. The van der Waals surface area contributed by atoms with Crippen molar-refractivity contribution in [2.75, 3.05) is 5.32 Å². The van der Waals surface area contributed by atoms with Crippen molar-refractivity contribution in [3.05, 3.63) is 12.3 Å². The lowest BCUT2D eigenvalue weighted by Gasteiger charge is -2.27. The van der Waals surface area contributed by atoms with Gasteiger partial charge in [0.1, 0.15) is 0 Å². The summed E-state index contributed by atoms with van der Waals surface area (Å²) < 4.78 is 0. The SMILES string of the molecule is NNC1(O)C=Nc2[nH]ccc2N1. The minimum atomic E-state index is -1.45. The minimum absolute atomic E-state index is 0.676. The molecule has 2 heterocycles. The molecule has 0 fully saturated rings. The van der Waals surface area contributed by atoms with Gasteiger partial charge in [-0.3, -0.25) is 5.84 Å². The van der Waals surface area contributed by atoms with Crippen molar-refractivity contribution < 1.29 is 5.11 Å². The van der Waals surface area contributed by atoms with Gasteiger partial charge in [-0.2, -0.15) is 0 Å². The number of nitrogens with two attached hydrogens (primary N) is 1. The van der Waals surface area contributed by atoms with Crippen LogP contribution in [0.3, 0.4) is 0 Å². The van der Waals surface area contributed by atoms with Crippen molar-refractivity contribution in [1.82, 2.24) is 10.4 Å². The minimum Gasteiger partial charge on any atom is -0.353 e. The first-order valence-corrected chi connectivity index (χ1v) is 3.44. The maximum absolute atomic E-state index is 9.53. The number of hydrogen-bond acceptors (Lipinski definition) is 5. The van der Waals surface area contributed by atoms with Gasteiger partial charge in [0.2, 0.25) is 5.85 Å². The van der Waals surface area contributed by atoms with Crippen LogP contribution in [-0.4, -0.2) is 22.2 Å². The number of fused-ring (bicyclic) bond motifs is 1. The summed E-state index contributed by atoms with van der Waals surface area (Å²) in [5, 5.41) is 12.3. The molecule has 1 unspecified atom stereocenters. The molecule has 0 amide bonds. The Hall–Kier alpha value is -1.37. The highest BCUT2D eigenvalue weighted by Crippen LogP contribution is 2.27. The second-order valence-electron chi connectivity index (χ2n) is 2.53. The Balaban J connectivity index is 2.36. The van der Waals surface area contributed by atoms with Crippen LogP contribution in [0.4, 0.5) is 11.5 Å². The fourth-order valence-electron chi connectivity index (χ4n) is 1.04. The van der Waals surface area contributed by atoms with E-state index in [1.165, 1.54) is 6.21 Å². The van der Waals surface area contributed by atoms with Gasteiger partial charge < -0.3 is 15.4 Å². The molecule has 0 radical (unpaired) electrons. The van der Waals surface area contributed by atoms with Gasteiger partial charge >= 0.3 is 0 Å². The van der Waals surface area contributed by atoms with Crippen molar-refractivity contribution in [3.63, 3.8) is 0 Å². The van der Waals surface area contributed by atoms with Crippen LogP contribution in [0.25, 0.3) is 0 Å². The Kier molecular flexibility index (Phi) is 1.40. The molecule has 1 aromatic rings. The Labute approximate surface area is 68.5 Å². The molecule has 64 valence electrons. The number of aliphatic hydroxyl groups is 1. The highest BCUT2D eigenvalue weighted by molar-refractivity contribution is 5.83. The Morgan fingerprint density at radius 1 is 1.67 bits per heavy atom. The van der Waals surface area contributed by atoms with Crippen molar-refractivity contribution >= 4 is 17.7 Å². The van der Waals surface area contributed by atoms with Crippen molar-refractivity contribution in [1.29, 1.82) is 0 Å². The maximum atomic E-state index is 9.53. The first-order valence-electron chi connectivity index (χ1n) is 3.44. The first kappa shape index (κ1) is 7.29. The lowest BCUT2D eigenvalue weighted by molar-refractivity contribution is 0.109. The third kappa shape index (κ3) is 0.981. The van der Waals surface area contributed by atoms with Crippen LogP contribution >= 0.6 is 0 Å². The van der Waals surface area contributed by atoms with Gasteiger partial charge in [-0.25, -0.2) is 10.4 Å². The van der Waals surface area contributed by atoms with Crippen molar-refractivity contribution in [2.45, 2.75) is 5.85 Å². The number of hydrogen-bond donors (Lipinski definition) is 5. The number of aromatic nitrogens is 1. The van der Waals surface area contributed by atoms with Gasteiger partial charge in [0.15, 0.2) is 5.82 Å². The van der Waals surface area contributed by atoms with Crippen LogP contribution in [0.2, 0.25) is 0 Å². The summed E-state index contributed by atoms with van der Waals surface area (Å²) in [4.78, 5) is 6.82. The first-order chi connectivity index (χ1) is 5.73. The smallest absolute Gasteiger partial charge is 0.244 e. The summed E-state index contributed by atoms with van der Waals surface area (Å²) in [7, 11) is 0. The zero-order chi connectivity index (χ0) is 8.60. The zero-order valence-electron chi connectivity index (χ0n) is 6.20. The van der Waals surface area contributed by atoms with Crippen LogP contribution in [0.5, 0.6) is 0 Å². The fraction of sp³-hybridized carbons (Fsp3) is 0.167. The largest absolute Gasteiger partial charge is 0.353 e. The third-order valence-electron chi connectivity index (χ3n) is 1.65. The zero-order valence-corrected chi connectivity index (χ0v) is 6.20. The summed E-state index contributed by atoms with van der Waals surface area (Å²) in [6, 6.07) is 1.76. The monoisotopic (exact) mass is 167 g/mol. The number of nitrogens with one attached hydrogen (secondary N) is 3. The van der Waals surface area contributed by atoms with E-state index in [4.69, 9.17) is 5.84 Å². The normalized spacial score (nSPS) is 26.5. The summed E-state index contributed by atoms with van der Waals surface area (Å²) in [6.07, 6.45) is 3.00. The van der Waals surface area contributed by atoms with Gasteiger partial charge in [0.25, 0.3) is 0 Å². The van der Waals surface area contributed by atoms with E-state index >= 15 is 0 Å². The van der Waals surface area contributed by atoms with Crippen LogP contribution in [0, 0.1) is 0 Å². The highest BCUT2D eigenvalue weighted by atomic mass is 16.3. The van der Waals surface area contributed by atoms with E-state index < -0.39 is 5.85 Å². The molecule has 1 aromatic heterocycles. The van der Waals surface area contributed by atoms with Crippen LogP contribution in [0.1, 0.15) is 0 Å². The molecule has 12 heavy (non-hydrogen) atoms. The summed E-state index contributed by atoms with van der Waals surface area (Å²) in [5.74, 6) is 4.33. The number of aliphatic imine (C=N–C) groups is 1. The van der Waals surface area contributed by atoms with Gasteiger partial charge in [0, 0.05) is 6.20 Å². The lowest BCUT2D eigenvalue weighted by atomic mass is 10.3. The van der Waals surface area contributed by atoms with Crippen LogP contribution in [-0.2, 0) is 0 Å². The molecule has 0 aromatic carbocycles. The topological polar surface area (TPSA) is 98.5 Å². The molecule has 0 bridgehead atoms. The number of hydrazine groups is 1. The second-order valence-corrected chi connectivity index (χ2v) is 2.53. The maximum Gasteiger partial charge on any atom is 0.244 e. The summed E-state index contributed by atoms with van der Waals surface area (Å²) in [6.45, 7) is 0. The van der Waals surface area contributed by atoms with Gasteiger partial charge in [-0.05, 0) is 6.07 Å². The number of aromatic amines is 1. The standard InChI is InChI=1S/C6H9N5O/c7-11-6(12)3-9-5-4(10-6)1-2-8-5/h1-3,8,10-12H,7H2. The molecule has 6 heteroatoms. The molecule has 0 aliphatic carbocycles. The molecule has 0 spiro atoms. The molecular weight excluding hydrogens is 158 g/mol. The fourth-order valence-corrected chi connectivity index (χ4v) is 1.04. The molecule has 2 rings (SSSR count). The summed E-state index contributed by atoms with van der Waals surface area (Å²) in [5.41, 5.74) is 2.90. The molecule has 6 nitrogen and oxygen atoms in total. The predicted molar refractivity (Wildman–Crippen MR) is 44.8 cm³/mol. The predicted octanol–water partition coefficient (Wildman–Crippen LogP) is -0.748. The van der Waals surface area contributed by atoms with Gasteiger partial charge in [-0.15, -0.1) is 0 Å². The van der Waals surface area contributed by atoms with E-state index in [0.717, 1.165) is 0 Å². The van der Waals surface area contributed by atoms with Crippen molar-refractivity contribution in [3.8, 4) is 0 Å². The number of H-pyrrole nitrogens is 1. The van der Waals surface area contributed by atoms with E-state index in [2.05, 4.69) is 20.7 Å². The van der Waals surface area contributed by atoms with E-state index in [1.807, 2.05) is 0 Å². The molecule has 1 aliphatic rings. The van der Waals surface area contributed by atoms with Gasteiger partial charge in [-0.1, -0.05) is 0 Å². The Morgan fingerprint density at radius 3 is 3.25 bits per heavy atom. The third-order valence-corrected chi connectivity index (χ3v) is 1.65. The molecule has 1 aliphatic heterocycles. The Morgan fingerprint density at radius 2 is 2.50 bits per heavy atom. The quantitative estimate of drug-likeness (QED) is 0.216. The molecular formula is C6H9N5O. The van der Waals surface area contributed by atoms with Crippen LogP contribution < -0.4 is 16.6 Å². The van der Waals surface area contributed by atoms with E-state index in [-0.39, 0.29) is 0 Å². The van der Waals surface area contributed by atoms with E-state index in [1.54, 1.807) is 12.3 Å². The van der Waals surface area contributed by atoms with Crippen LogP contribution in [0.15, 0.2) is 17.3 Å². The number of anilines is 1. The molecule has 1 atom stereocenters. The molecule has 6 N–H and O–H groups in total. The number of nitrogens with zero attached hydrogens (tertiary/aromatic N) is 1. The van der Waals surface area contributed by atoms with Gasteiger partial charge in [0.05, 0.1) is 11.9 Å². The summed E-state index contributed by atoms with van der Waals surface area (Å²) >= 11 is 0. The number of rotatable bonds is 1. The highest BCUT2D eigenvalue weighted by Gasteiger charge is 2.27. The Bertz CT molecular complexity index is 319. The average molecular weight is 167 g/mol. The van der Waals surface area contributed by atoms with E-state index in [0.29, 0.717) is 11.5 Å². The lowest BCUT2D eigenvalue weighted by Crippen LogP contribution is -2.57. The van der Waals surface area contributed by atoms with Crippen molar-refractivity contribution in [2.24, 2.45) is 10.8 Å². The second kappa shape index (κ2) is 2.31.